The Bertz CT molecular complexity index is 465. The van der Waals surface area contributed by atoms with E-state index in [1.807, 2.05) is 18.2 Å². The van der Waals surface area contributed by atoms with Crippen molar-refractivity contribution in [1.82, 2.24) is 4.09 Å². The Hall–Kier alpha value is -1.46. The number of halogens is 1. The summed E-state index contributed by atoms with van der Waals surface area (Å²) in [6.07, 6.45) is 1.76. The largest absolute Gasteiger partial charge is 0.260 e. The highest BCUT2D eigenvalue weighted by molar-refractivity contribution is 6.19. The summed E-state index contributed by atoms with van der Waals surface area (Å²) in [5, 5.41) is 9.60. The van der Waals surface area contributed by atoms with Crippen molar-refractivity contribution in [2.24, 2.45) is 0 Å². The van der Waals surface area contributed by atoms with Crippen molar-refractivity contribution in [2.75, 3.05) is 0 Å². The molecule has 2 aromatic rings. The fourth-order valence-corrected chi connectivity index (χ4v) is 1.39. The van der Waals surface area contributed by atoms with E-state index in [1.54, 1.807) is 12.3 Å². The van der Waals surface area contributed by atoms with E-state index in [2.05, 4.69) is 6.07 Å². The van der Waals surface area contributed by atoms with Crippen LogP contribution in [0.25, 0.3) is 10.9 Å². The van der Waals surface area contributed by atoms with E-state index < -0.39 is 0 Å². The van der Waals surface area contributed by atoms with Crippen molar-refractivity contribution in [3.8, 4) is 6.07 Å². The van der Waals surface area contributed by atoms with E-state index in [1.165, 1.54) is 4.09 Å². The molecule has 12 heavy (non-hydrogen) atoms. The smallest absolute Gasteiger partial charge is 0.0991 e. The summed E-state index contributed by atoms with van der Waals surface area (Å²) in [6, 6.07) is 9.35. The molecule has 0 fully saturated rings. The lowest BCUT2D eigenvalue weighted by Crippen LogP contribution is -1.77. The zero-order valence-corrected chi connectivity index (χ0v) is 6.92. The maximum Gasteiger partial charge on any atom is 0.0991 e. The van der Waals surface area contributed by atoms with Crippen molar-refractivity contribution in [3.63, 3.8) is 0 Å². The topological polar surface area (TPSA) is 28.7 Å². The summed E-state index contributed by atoms with van der Waals surface area (Å²) < 4.78 is 1.51. The number of rotatable bonds is 0. The summed E-state index contributed by atoms with van der Waals surface area (Å²) in [6.45, 7) is 0. The predicted octanol–water partition coefficient (Wildman–Crippen LogP) is 2.51. The third-order valence-electron chi connectivity index (χ3n) is 1.77. The average molecular weight is 177 g/mol. The minimum atomic E-state index is 0.658. The monoisotopic (exact) mass is 176 g/mol. The molecule has 0 radical (unpaired) electrons. The molecule has 0 N–H and O–H groups in total. The normalized spacial score (nSPS) is 10.0. The van der Waals surface area contributed by atoms with Gasteiger partial charge in [-0.25, -0.2) is 0 Å². The van der Waals surface area contributed by atoms with Crippen LogP contribution in [0, 0.1) is 11.3 Å². The van der Waals surface area contributed by atoms with E-state index in [0.29, 0.717) is 5.56 Å². The van der Waals surface area contributed by atoms with Crippen LogP contribution in [-0.2, 0) is 0 Å². The second kappa shape index (κ2) is 2.54. The highest BCUT2D eigenvalue weighted by atomic mass is 35.5. The quantitative estimate of drug-likeness (QED) is 0.606. The lowest BCUT2D eigenvalue weighted by Gasteiger charge is -1.92. The van der Waals surface area contributed by atoms with Gasteiger partial charge in [0, 0.05) is 23.4 Å². The van der Waals surface area contributed by atoms with Gasteiger partial charge in [-0.2, -0.15) is 5.26 Å². The third-order valence-corrected chi connectivity index (χ3v) is 2.07. The summed E-state index contributed by atoms with van der Waals surface area (Å²) in [5.74, 6) is 0. The molecule has 1 aromatic carbocycles. The number of aromatic nitrogens is 1. The maximum absolute atomic E-state index is 8.61. The van der Waals surface area contributed by atoms with E-state index in [4.69, 9.17) is 17.0 Å². The molecule has 0 aliphatic rings. The first-order valence-corrected chi connectivity index (χ1v) is 3.82. The lowest BCUT2D eigenvalue weighted by molar-refractivity contribution is 1.33. The van der Waals surface area contributed by atoms with E-state index in [-0.39, 0.29) is 0 Å². The molecule has 0 spiro atoms. The van der Waals surface area contributed by atoms with Gasteiger partial charge < -0.3 is 0 Å². The molecule has 0 saturated heterocycles. The number of nitriles is 1. The van der Waals surface area contributed by atoms with Gasteiger partial charge in [0.15, 0.2) is 0 Å². The molecule has 0 aliphatic heterocycles. The average Bonchev–Trinajstić information content (AvgIpc) is 2.47. The number of fused-ring (bicyclic) bond motifs is 1. The summed E-state index contributed by atoms with van der Waals surface area (Å²) in [4.78, 5) is 0. The Kier molecular flexibility index (Phi) is 1.53. The van der Waals surface area contributed by atoms with Crippen LogP contribution in [0.3, 0.4) is 0 Å². The van der Waals surface area contributed by atoms with E-state index in [9.17, 15) is 0 Å². The Labute approximate surface area is 74.7 Å². The van der Waals surface area contributed by atoms with Crippen LogP contribution < -0.4 is 0 Å². The first-order chi connectivity index (χ1) is 5.81. The number of nitrogens with zero attached hydrogens (tertiary/aromatic N) is 2. The lowest BCUT2D eigenvalue weighted by atomic mass is 10.2. The van der Waals surface area contributed by atoms with Crippen LogP contribution in [0.2, 0.25) is 0 Å². The van der Waals surface area contributed by atoms with Crippen LogP contribution in [-0.4, -0.2) is 4.09 Å². The Morgan fingerprint density at radius 1 is 1.33 bits per heavy atom. The van der Waals surface area contributed by atoms with Gasteiger partial charge in [-0.1, -0.05) is 0 Å². The second-order valence-corrected chi connectivity index (χ2v) is 2.88. The summed E-state index contributed by atoms with van der Waals surface area (Å²) >= 11 is 5.80. The van der Waals surface area contributed by atoms with Crippen LogP contribution in [0.4, 0.5) is 0 Å². The Balaban J connectivity index is 2.80. The molecule has 1 aromatic heterocycles. The zero-order valence-electron chi connectivity index (χ0n) is 6.16. The van der Waals surface area contributed by atoms with Gasteiger partial charge in [0.2, 0.25) is 0 Å². The van der Waals surface area contributed by atoms with Crippen LogP contribution in [0.5, 0.6) is 0 Å². The van der Waals surface area contributed by atoms with Gasteiger partial charge in [-0.05, 0) is 24.3 Å². The molecular weight excluding hydrogens is 172 g/mol. The number of benzene rings is 1. The van der Waals surface area contributed by atoms with Gasteiger partial charge in [0.25, 0.3) is 0 Å². The van der Waals surface area contributed by atoms with E-state index in [0.717, 1.165) is 10.9 Å². The molecular formula is C9H5ClN2. The minimum absolute atomic E-state index is 0.658. The van der Waals surface area contributed by atoms with Crippen molar-refractivity contribution in [1.29, 1.82) is 5.26 Å². The first-order valence-electron chi connectivity index (χ1n) is 3.48. The third kappa shape index (κ3) is 0.956. The fraction of sp³-hybridized carbons (Fsp3) is 0. The molecule has 0 aliphatic carbocycles. The van der Waals surface area contributed by atoms with Gasteiger partial charge in [-0.15, -0.1) is 0 Å². The van der Waals surface area contributed by atoms with Crippen LogP contribution in [0.1, 0.15) is 5.56 Å². The van der Waals surface area contributed by atoms with Crippen LogP contribution in [0.15, 0.2) is 30.5 Å². The van der Waals surface area contributed by atoms with Gasteiger partial charge in [-0.3, -0.25) is 4.09 Å². The molecule has 0 atom stereocenters. The molecule has 0 unspecified atom stereocenters. The fourth-order valence-electron chi connectivity index (χ4n) is 1.18. The molecule has 0 amide bonds. The molecule has 58 valence electrons. The molecule has 0 saturated carbocycles. The van der Waals surface area contributed by atoms with E-state index >= 15 is 0 Å². The summed E-state index contributed by atoms with van der Waals surface area (Å²) in [7, 11) is 0. The van der Waals surface area contributed by atoms with Crippen LogP contribution >= 0.6 is 11.8 Å². The molecule has 1 heterocycles. The SMILES string of the molecule is N#Cc1ccc2c(ccn2Cl)c1. The summed E-state index contributed by atoms with van der Waals surface area (Å²) in [5.41, 5.74) is 1.58. The standard InChI is InChI=1S/C9H5ClN2/c10-12-4-3-8-5-7(6-11)1-2-9(8)12/h1-5H. The van der Waals surface area contributed by atoms with Gasteiger partial charge in [0.1, 0.15) is 0 Å². The Morgan fingerprint density at radius 2 is 2.17 bits per heavy atom. The number of hydrogen-bond acceptors (Lipinski definition) is 1. The zero-order chi connectivity index (χ0) is 8.55. The second-order valence-electron chi connectivity index (χ2n) is 2.51. The predicted molar refractivity (Wildman–Crippen MR) is 47.9 cm³/mol. The van der Waals surface area contributed by atoms with Crippen molar-refractivity contribution < 1.29 is 0 Å². The Morgan fingerprint density at radius 3 is 2.92 bits per heavy atom. The van der Waals surface area contributed by atoms with Crippen molar-refractivity contribution >= 4 is 22.7 Å². The molecule has 3 heteroatoms. The first kappa shape index (κ1) is 7.20. The molecule has 0 bridgehead atoms. The van der Waals surface area contributed by atoms with Crippen molar-refractivity contribution in [3.05, 3.63) is 36.0 Å². The van der Waals surface area contributed by atoms with Gasteiger partial charge >= 0.3 is 0 Å². The highest BCUT2D eigenvalue weighted by Crippen LogP contribution is 2.17. The maximum atomic E-state index is 8.61. The van der Waals surface area contributed by atoms with Gasteiger partial charge in [0.05, 0.1) is 17.1 Å². The highest BCUT2D eigenvalue weighted by Gasteiger charge is 1.98. The molecule has 2 nitrogen and oxygen atoms in total. The number of hydrogen-bond donors (Lipinski definition) is 0. The minimum Gasteiger partial charge on any atom is -0.260 e. The molecule has 2 rings (SSSR count). The van der Waals surface area contributed by atoms with Crippen molar-refractivity contribution in [2.45, 2.75) is 0 Å².